The highest BCUT2D eigenvalue weighted by atomic mass is 19.1. The van der Waals surface area contributed by atoms with Gasteiger partial charge in [-0.2, -0.15) is 0 Å². The van der Waals surface area contributed by atoms with Crippen LogP contribution in [0, 0.1) is 24.5 Å². The van der Waals surface area contributed by atoms with E-state index in [2.05, 4.69) is 10.3 Å². The Balaban J connectivity index is 0.000000158. The molecular formula is C25H28F2N2O2. The lowest BCUT2D eigenvalue weighted by Gasteiger charge is -2.27. The molecule has 0 saturated heterocycles. The zero-order valence-electron chi connectivity index (χ0n) is 17.9. The van der Waals surface area contributed by atoms with Crippen LogP contribution < -0.4 is 5.32 Å². The van der Waals surface area contributed by atoms with Gasteiger partial charge in [-0.25, -0.2) is 8.78 Å². The van der Waals surface area contributed by atoms with E-state index in [1.54, 1.807) is 19.2 Å². The minimum Gasteiger partial charge on any atom is -0.382 e. The molecule has 6 heteroatoms. The number of hydrogen-bond donors (Lipinski definition) is 2. The van der Waals surface area contributed by atoms with Crippen LogP contribution in [0.15, 0.2) is 42.5 Å². The van der Waals surface area contributed by atoms with Crippen LogP contribution in [-0.4, -0.2) is 30.1 Å². The van der Waals surface area contributed by atoms with E-state index in [4.69, 9.17) is 4.74 Å². The highest BCUT2D eigenvalue weighted by Gasteiger charge is 2.45. The Bertz CT molecular complexity index is 1070. The summed E-state index contributed by atoms with van der Waals surface area (Å²) in [7, 11) is 1.69. The standard InChI is InChI=1S/C15H11F2N.C10H17NO2/c1-9-6-13(17)7-11-8-14(18-15(9)11)10-2-4-12(16)5-3-10;1-13-7-10(5-6-10)11-9(12)8-3-2-4-8/h2-8,18H,1H3;8H,2-7H2,1H3,(H,11,12). The fraction of sp³-hybridized carbons (Fsp3) is 0.400. The van der Waals surface area contributed by atoms with Crippen LogP contribution >= 0.6 is 0 Å². The van der Waals surface area contributed by atoms with E-state index in [1.807, 2.05) is 13.0 Å². The van der Waals surface area contributed by atoms with E-state index in [9.17, 15) is 13.6 Å². The first-order valence-corrected chi connectivity index (χ1v) is 10.7. The number of nitrogens with one attached hydrogen (secondary N) is 2. The molecule has 0 spiro atoms. The molecule has 1 amide bonds. The number of aromatic amines is 1. The molecule has 2 fully saturated rings. The van der Waals surface area contributed by atoms with E-state index in [0.717, 1.165) is 53.4 Å². The lowest BCUT2D eigenvalue weighted by molar-refractivity contribution is -0.128. The molecule has 2 N–H and O–H groups in total. The number of halogens is 2. The number of rotatable bonds is 5. The van der Waals surface area contributed by atoms with Gasteiger partial charge in [-0.05, 0) is 86.2 Å². The third-order valence-corrected chi connectivity index (χ3v) is 6.18. The van der Waals surface area contributed by atoms with Gasteiger partial charge < -0.3 is 15.0 Å². The maximum absolute atomic E-state index is 13.3. The summed E-state index contributed by atoms with van der Waals surface area (Å²) in [6, 6.07) is 11.1. The van der Waals surface area contributed by atoms with E-state index < -0.39 is 0 Å². The normalized spacial score (nSPS) is 16.9. The summed E-state index contributed by atoms with van der Waals surface area (Å²) in [6.45, 7) is 2.53. The van der Waals surface area contributed by atoms with Crippen LogP contribution in [0.25, 0.3) is 22.2 Å². The van der Waals surface area contributed by atoms with Crippen LogP contribution in [0.2, 0.25) is 0 Å². The predicted octanol–water partition coefficient (Wildman–Crippen LogP) is 5.50. The third kappa shape index (κ3) is 4.96. The van der Waals surface area contributed by atoms with E-state index in [0.29, 0.717) is 12.5 Å². The minimum absolute atomic E-state index is 0.0153. The molecule has 4 nitrogen and oxygen atoms in total. The lowest BCUT2D eigenvalue weighted by atomic mass is 9.84. The molecule has 164 valence electrons. The van der Waals surface area contributed by atoms with Gasteiger partial charge in [0.05, 0.1) is 12.1 Å². The molecule has 31 heavy (non-hydrogen) atoms. The van der Waals surface area contributed by atoms with Gasteiger partial charge in [-0.1, -0.05) is 6.42 Å². The SMILES string of the molecule is COCC1(NC(=O)C2CCC2)CC1.Cc1cc(F)cc2cc(-c3ccc(F)cc3)[nH]c12. The summed E-state index contributed by atoms with van der Waals surface area (Å²) < 4.78 is 31.2. The fourth-order valence-corrected chi connectivity index (χ4v) is 3.93. The maximum Gasteiger partial charge on any atom is 0.223 e. The molecule has 1 heterocycles. The summed E-state index contributed by atoms with van der Waals surface area (Å²) in [5, 5.41) is 3.93. The van der Waals surface area contributed by atoms with Gasteiger partial charge in [0.1, 0.15) is 11.6 Å². The van der Waals surface area contributed by atoms with Gasteiger partial charge in [0, 0.05) is 29.6 Å². The molecule has 0 unspecified atom stereocenters. The Morgan fingerprint density at radius 1 is 1.13 bits per heavy atom. The van der Waals surface area contributed by atoms with E-state index in [1.165, 1.54) is 30.7 Å². The molecule has 3 aromatic rings. The zero-order valence-corrected chi connectivity index (χ0v) is 17.9. The second-order valence-electron chi connectivity index (χ2n) is 8.71. The summed E-state index contributed by atoms with van der Waals surface area (Å²) in [5.41, 5.74) is 3.53. The number of ether oxygens (including phenoxy) is 1. The number of H-pyrrole nitrogens is 1. The van der Waals surface area contributed by atoms with Gasteiger partial charge >= 0.3 is 0 Å². The molecule has 2 aliphatic carbocycles. The summed E-state index contributed by atoms with van der Waals surface area (Å²) in [5.74, 6) is 0.0388. The van der Waals surface area contributed by atoms with Crippen LogP contribution in [0.4, 0.5) is 8.78 Å². The van der Waals surface area contributed by atoms with Crippen molar-refractivity contribution in [2.45, 2.75) is 44.6 Å². The molecule has 2 aliphatic rings. The minimum atomic E-state index is -0.267. The van der Waals surface area contributed by atoms with Crippen LogP contribution in [0.5, 0.6) is 0 Å². The van der Waals surface area contributed by atoms with Crippen molar-refractivity contribution in [1.29, 1.82) is 0 Å². The van der Waals surface area contributed by atoms with Crippen LogP contribution in [-0.2, 0) is 9.53 Å². The number of carbonyl (C=O) groups excluding carboxylic acids is 1. The zero-order chi connectivity index (χ0) is 22.0. The highest BCUT2D eigenvalue weighted by Crippen LogP contribution is 2.37. The predicted molar refractivity (Wildman–Crippen MR) is 118 cm³/mol. The third-order valence-electron chi connectivity index (χ3n) is 6.18. The molecule has 2 aromatic carbocycles. The van der Waals surface area contributed by atoms with Crippen molar-refractivity contribution in [1.82, 2.24) is 10.3 Å². The Morgan fingerprint density at radius 3 is 2.42 bits per heavy atom. The highest BCUT2D eigenvalue weighted by molar-refractivity contribution is 5.88. The number of fused-ring (bicyclic) bond motifs is 1. The number of aryl methyl sites for hydroxylation is 1. The molecule has 0 aliphatic heterocycles. The monoisotopic (exact) mass is 426 g/mol. The van der Waals surface area contributed by atoms with Crippen LogP contribution in [0.1, 0.15) is 37.7 Å². The Hall–Kier alpha value is -2.73. The van der Waals surface area contributed by atoms with Crippen molar-refractivity contribution in [2.75, 3.05) is 13.7 Å². The van der Waals surface area contributed by atoms with Crippen molar-refractivity contribution < 1.29 is 18.3 Å². The number of carbonyl (C=O) groups is 1. The molecule has 2 saturated carbocycles. The Kier molecular flexibility index (Phi) is 6.10. The molecule has 0 atom stereocenters. The van der Waals surface area contributed by atoms with Gasteiger partial charge in [-0.3, -0.25) is 4.79 Å². The summed E-state index contributed by atoms with van der Waals surface area (Å²) in [6.07, 6.45) is 5.54. The first-order chi connectivity index (χ1) is 14.9. The Labute approximate surface area is 181 Å². The van der Waals surface area contributed by atoms with Crippen molar-refractivity contribution >= 4 is 16.8 Å². The summed E-state index contributed by atoms with van der Waals surface area (Å²) in [4.78, 5) is 14.8. The average Bonchev–Trinajstić information content (AvgIpc) is 3.28. The Morgan fingerprint density at radius 2 is 1.84 bits per heavy atom. The second kappa shape index (κ2) is 8.79. The molecule has 1 aromatic heterocycles. The van der Waals surface area contributed by atoms with Crippen molar-refractivity contribution in [3.8, 4) is 11.3 Å². The summed E-state index contributed by atoms with van der Waals surface area (Å²) >= 11 is 0. The quantitative estimate of drug-likeness (QED) is 0.566. The number of hydrogen-bond acceptors (Lipinski definition) is 2. The van der Waals surface area contributed by atoms with Crippen molar-refractivity contribution in [3.63, 3.8) is 0 Å². The molecule has 5 rings (SSSR count). The number of aromatic nitrogens is 1. The number of amides is 1. The van der Waals surface area contributed by atoms with Gasteiger partial charge in [0.2, 0.25) is 5.91 Å². The van der Waals surface area contributed by atoms with Crippen molar-refractivity contribution in [2.24, 2.45) is 5.92 Å². The van der Waals surface area contributed by atoms with E-state index >= 15 is 0 Å². The van der Waals surface area contributed by atoms with Gasteiger partial charge in [-0.15, -0.1) is 0 Å². The second-order valence-corrected chi connectivity index (χ2v) is 8.71. The number of benzene rings is 2. The molecule has 0 bridgehead atoms. The fourth-order valence-electron chi connectivity index (χ4n) is 3.93. The smallest absolute Gasteiger partial charge is 0.223 e. The maximum atomic E-state index is 13.3. The van der Waals surface area contributed by atoms with Gasteiger partial charge in [0.15, 0.2) is 0 Å². The average molecular weight is 427 g/mol. The van der Waals surface area contributed by atoms with Crippen LogP contribution in [0.3, 0.4) is 0 Å². The first kappa shape index (κ1) is 21.5. The van der Waals surface area contributed by atoms with Crippen molar-refractivity contribution in [3.05, 3.63) is 59.7 Å². The topological polar surface area (TPSA) is 54.1 Å². The first-order valence-electron chi connectivity index (χ1n) is 10.7. The molecule has 0 radical (unpaired) electrons. The van der Waals surface area contributed by atoms with E-state index in [-0.39, 0.29) is 23.1 Å². The lowest BCUT2D eigenvalue weighted by Crippen LogP contribution is -2.44. The largest absolute Gasteiger partial charge is 0.382 e. The van der Waals surface area contributed by atoms with Gasteiger partial charge in [0.25, 0.3) is 0 Å². The molecular weight excluding hydrogens is 398 g/mol. The number of methoxy groups -OCH3 is 1.